The van der Waals surface area contributed by atoms with E-state index in [1.165, 1.54) is 0 Å². The van der Waals surface area contributed by atoms with E-state index in [-0.39, 0.29) is 11.9 Å². The predicted molar refractivity (Wildman–Crippen MR) is 81.0 cm³/mol. The molecule has 0 amide bonds. The van der Waals surface area contributed by atoms with Gasteiger partial charge in [0.2, 0.25) is 0 Å². The molecular weight excluding hydrogens is 306 g/mol. The van der Waals surface area contributed by atoms with E-state index in [2.05, 4.69) is 20.8 Å². The molecular formula is C15H20BrNO2. The van der Waals surface area contributed by atoms with Gasteiger partial charge in [-0.25, -0.2) is 0 Å². The van der Waals surface area contributed by atoms with Crippen molar-refractivity contribution in [1.29, 1.82) is 0 Å². The lowest BCUT2D eigenvalue weighted by molar-refractivity contribution is 0.0526. The summed E-state index contributed by atoms with van der Waals surface area (Å²) in [6, 6.07) is 5.85. The highest BCUT2D eigenvalue weighted by molar-refractivity contribution is 9.10. The summed E-state index contributed by atoms with van der Waals surface area (Å²) in [5.74, 6) is 0.112. The number of anilines is 1. The molecule has 0 saturated carbocycles. The van der Waals surface area contributed by atoms with Crippen LogP contribution < -0.4 is 4.90 Å². The Balaban J connectivity index is 2.24. The van der Waals surface area contributed by atoms with E-state index in [4.69, 9.17) is 4.74 Å². The number of benzene rings is 1. The molecule has 0 aliphatic carbocycles. The molecule has 0 aromatic heterocycles. The third-order valence-electron chi connectivity index (χ3n) is 3.46. The minimum atomic E-state index is 0.112. The van der Waals surface area contributed by atoms with Gasteiger partial charge in [0, 0.05) is 35.4 Å². The van der Waals surface area contributed by atoms with Gasteiger partial charge >= 0.3 is 0 Å². The quantitative estimate of drug-likeness (QED) is 0.791. The van der Waals surface area contributed by atoms with Gasteiger partial charge in [-0.3, -0.25) is 4.79 Å². The Labute approximate surface area is 123 Å². The summed E-state index contributed by atoms with van der Waals surface area (Å²) in [5.41, 5.74) is 1.81. The topological polar surface area (TPSA) is 29.5 Å². The molecule has 1 heterocycles. The third-order valence-corrected chi connectivity index (χ3v) is 3.95. The molecule has 1 saturated heterocycles. The molecule has 1 fully saturated rings. The highest BCUT2D eigenvalue weighted by Crippen LogP contribution is 2.28. The number of carbonyl (C=O) groups excluding carboxylic acids is 1. The summed E-state index contributed by atoms with van der Waals surface area (Å²) in [6.07, 6.45) is 2.49. The van der Waals surface area contributed by atoms with Gasteiger partial charge in [0.25, 0.3) is 0 Å². The van der Waals surface area contributed by atoms with Gasteiger partial charge in [-0.05, 0) is 44.9 Å². The Morgan fingerprint density at radius 2 is 2.32 bits per heavy atom. The lowest BCUT2D eigenvalue weighted by Crippen LogP contribution is -2.40. The highest BCUT2D eigenvalue weighted by atomic mass is 79.9. The second-order valence-corrected chi connectivity index (χ2v) is 5.80. The first-order valence-corrected chi connectivity index (χ1v) is 7.58. The zero-order valence-electron chi connectivity index (χ0n) is 11.5. The van der Waals surface area contributed by atoms with Crippen molar-refractivity contribution in [3.63, 3.8) is 0 Å². The minimum Gasteiger partial charge on any atom is -0.377 e. The molecule has 3 nitrogen and oxygen atoms in total. The first kappa shape index (κ1) is 14.5. The first-order valence-electron chi connectivity index (χ1n) is 6.79. The summed E-state index contributed by atoms with van der Waals surface area (Å²) in [6.45, 7) is 6.25. The fourth-order valence-corrected chi connectivity index (χ4v) is 2.94. The number of piperidine rings is 1. The van der Waals surface area contributed by atoms with E-state index < -0.39 is 0 Å². The van der Waals surface area contributed by atoms with Gasteiger partial charge in [0.05, 0.1) is 6.10 Å². The lowest BCUT2D eigenvalue weighted by atomic mass is 10.0. The van der Waals surface area contributed by atoms with E-state index >= 15 is 0 Å². The van der Waals surface area contributed by atoms with Crippen LogP contribution in [-0.2, 0) is 4.74 Å². The van der Waals surface area contributed by atoms with Gasteiger partial charge in [-0.1, -0.05) is 15.9 Å². The maximum Gasteiger partial charge on any atom is 0.161 e. The SMILES string of the molecule is CCOC1CCCN(c2cc(Br)ccc2C(C)=O)C1. The zero-order chi connectivity index (χ0) is 13.8. The van der Waals surface area contributed by atoms with Crippen LogP contribution in [-0.4, -0.2) is 31.6 Å². The molecule has 0 spiro atoms. The van der Waals surface area contributed by atoms with E-state index in [0.29, 0.717) is 0 Å². The van der Waals surface area contributed by atoms with E-state index in [0.717, 1.165) is 48.3 Å². The summed E-state index contributed by atoms with van der Waals surface area (Å²) in [7, 11) is 0. The zero-order valence-corrected chi connectivity index (χ0v) is 13.1. The van der Waals surface area contributed by atoms with Gasteiger partial charge in [0.1, 0.15) is 0 Å². The van der Waals surface area contributed by atoms with Crippen molar-refractivity contribution < 1.29 is 9.53 Å². The standard InChI is InChI=1S/C15H20BrNO2/c1-3-19-13-5-4-8-17(10-13)15-9-12(16)6-7-14(15)11(2)18/h6-7,9,13H,3-5,8,10H2,1-2H3. The average Bonchev–Trinajstić information content (AvgIpc) is 2.39. The van der Waals surface area contributed by atoms with Crippen molar-refractivity contribution in [2.75, 3.05) is 24.6 Å². The Morgan fingerprint density at radius 1 is 1.53 bits per heavy atom. The Morgan fingerprint density at radius 3 is 3.00 bits per heavy atom. The number of carbonyl (C=O) groups is 1. The van der Waals surface area contributed by atoms with Gasteiger partial charge in [-0.2, -0.15) is 0 Å². The molecule has 1 unspecified atom stereocenters. The van der Waals surface area contributed by atoms with Gasteiger partial charge in [-0.15, -0.1) is 0 Å². The van der Waals surface area contributed by atoms with E-state index in [1.54, 1.807) is 6.92 Å². The number of halogens is 1. The van der Waals surface area contributed by atoms with Crippen molar-refractivity contribution in [3.8, 4) is 0 Å². The molecule has 0 bridgehead atoms. The summed E-state index contributed by atoms with van der Waals surface area (Å²) in [5, 5.41) is 0. The van der Waals surface area contributed by atoms with Crippen molar-refractivity contribution in [1.82, 2.24) is 0 Å². The van der Waals surface area contributed by atoms with E-state index in [9.17, 15) is 4.79 Å². The van der Waals surface area contributed by atoms with Crippen molar-refractivity contribution in [3.05, 3.63) is 28.2 Å². The van der Waals surface area contributed by atoms with Crippen molar-refractivity contribution in [2.24, 2.45) is 0 Å². The van der Waals surface area contributed by atoms with Crippen molar-refractivity contribution in [2.45, 2.75) is 32.8 Å². The molecule has 0 N–H and O–H groups in total. The van der Waals surface area contributed by atoms with Crippen LogP contribution in [0, 0.1) is 0 Å². The molecule has 1 aliphatic heterocycles. The Hall–Kier alpha value is -0.870. The predicted octanol–water partition coefficient (Wildman–Crippen LogP) is 3.66. The summed E-state index contributed by atoms with van der Waals surface area (Å²) >= 11 is 3.49. The first-order chi connectivity index (χ1) is 9.11. The summed E-state index contributed by atoms with van der Waals surface area (Å²) < 4.78 is 6.73. The third kappa shape index (κ3) is 3.57. The second kappa shape index (κ2) is 6.53. The fourth-order valence-electron chi connectivity index (χ4n) is 2.59. The average molecular weight is 326 g/mol. The van der Waals surface area contributed by atoms with Crippen LogP contribution in [0.15, 0.2) is 22.7 Å². The molecule has 1 atom stereocenters. The van der Waals surface area contributed by atoms with Crippen LogP contribution in [0.2, 0.25) is 0 Å². The number of nitrogens with zero attached hydrogens (tertiary/aromatic N) is 1. The lowest BCUT2D eigenvalue weighted by Gasteiger charge is -2.35. The second-order valence-electron chi connectivity index (χ2n) is 4.88. The van der Waals surface area contributed by atoms with E-state index in [1.807, 2.05) is 25.1 Å². The van der Waals surface area contributed by atoms with Crippen LogP contribution in [0.25, 0.3) is 0 Å². The number of hydrogen-bond acceptors (Lipinski definition) is 3. The number of ether oxygens (including phenoxy) is 1. The summed E-state index contributed by atoms with van der Waals surface area (Å²) in [4.78, 5) is 14.0. The normalized spacial score (nSPS) is 19.5. The van der Waals surface area contributed by atoms with Crippen LogP contribution in [0.5, 0.6) is 0 Å². The smallest absolute Gasteiger partial charge is 0.161 e. The molecule has 1 aromatic rings. The number of rotatable bonds is 4. The van der Waals surface area contributed by atoms with Crippen molar-refractivity contribution >= 4 is 27.4 Å². The monoisotopic (exact) mass is 325 g/mol. The molecule has 0 radical (unpaired) electrons. The Bertz CT molecular complexity index is 459. The van der Waals surface area contributed by atoms with Gasteiger partial charge < -0.3 is 9.64 Å². The number of Topliss-reactive ketones (excluding diaryl/α,β-unsaturated/α-hetero) is 1. The molecule has 104 valence electrons. The molecule has 19 heavy (non-hydrogen) atoms. The molecule has 1 aliphatic rings. The van der Waals surface area contributed by atoms with Crippen LogP contribution >= 0.6 is 15.9 Å². The largest absolute Gasteiger partial charge is 0.377 e. The highest BCUT2D eigenvalue weighted by Gasteiger charge is 2.23. The van der Waals surface area contributed by atoms with Crippen LogP contribution in [0.1, 0.15) is 37.0 Å². The maximum absolute atomic E-state index is 11.8. The maximum atomic E-state index is 11.8. The van der Waals surface area contributed by atoms with Gasteiger partial charge in [0.15, 0.2) is 5.78 Å². The molecule has 4 heteroatoms. The minimum absolute atomic E-state index is 0.112. The van der Waals surface area contributed by atoms with Crippen LogP contribution in [0.3, 0.4) is 0 Å². The fraction of sp³-hybridized carbons (Fsp3) is 0.533. The number of hydrogen-bond donors (Lipinski definition) is 0. The van der Waals surface area contributed by atoms with Crippen LogP contribution in [0.4, 0.5) is 5.69 Å². The molecule has 1 aromatic carbocycles. The number of ketones is 1. The Kier molecular flexibility index (Phi) is 4.99. The molecule has 2 rings (SSSR count).